The molecule has 2 aromatic carbocycles. The first-order chi connectivity index (χ1) is 12.3. The fourth-order valence-corrected chi connectivity index (χ4v) is 3.32. The van der Waals surface area contributed by atoms with E-state index in [1.54, 1.807) is 18.2 Å². The first kappa shape index (κ1) is 21.6. The van der Waals surface area contributed by atoms with E-state index < -0.39 is 5.97 Å². The molecule has 1 atom stereocenters. The van der Waals surface area contributed by atoms with Gasteiger partial charge in [-0.3, -0.25) is 5.10 Å². The van der Waals surface area contributed by atoms with Gasteiger partial charge in [0.15, 0.2) is 0 Å². The van der Waals surface area contributed by atoms with Gasteiger partial charge in [-0.2, -0.15) is 5.10 Å². The molecule has 0 fully saturated rings. The third-order valence-corrected chi connectivity index (χ3v) is 5.49. The largest absolute Gasteiger partial charge is 0.477 e. The Hall–Kier alpha value is -1.72. The summed E-state index contributed by atoms with van der Waals surface area (Å²) in [5.74, 6) is -1.34. The summed E-state index contributed by atoms with van der Waals surface area (Å²) in [4.78, 5) is 11.7. The first-order valence-electron chi connectivity index (χ1n) is 7.82. The van der Waals surface area contributed by atoms with Crippen LogP contribution < -0.4 is 0 Å². The van der Waals surface area contributed by atoms with E-state index in [-0.39, 0.29) is 24.0 Å². The Bertz CT molecular complexity index is 1000. The van der Waals surface area contributed by atoms with Gasteiger partial charge in [-0.25, -0.2) is 4.79 Å². The monoisotopic (exact) mass is 444 g/mol. The smallest absolute Gasteiger partial charge is 0.354 e. The minimum Gasteiger partial charge on any atom is -0.477 e. The standard InChI is InChI=1S/C19H15Cl3N2O2.ClH/c1-9-7-12(4-5-13(9)20)17-16(18(19(25)26)24-23-17)10(2)11-3-6-14(21)15(22)8-11;/h3-8,10H,1-2H3,(H,23,24)(H,25,26);1H. The number of aromatic amines is 1. The number of aromatic carboxylic acids is 1. The molecule has 1 heterocycles. The van der Waals surface area contributed by atoms with E-state index in [0.29, 0.717) is 26.3 Å². The highest BCUT2D eigenvalue weighted by Gasteiger charge is 2.25. The van der Waals surface area contributed by atoms with Gasteiger partial charge >= 0.3 is 5.97 Å². The lowest BCUT2D eigenvalue weighted by molar-refractivity contribution is 0.0689. The summed E-state index contributed by atoms with van der Waals surface area (Å²) in [5.41, 5.74) is 3.72. The highest BCUT2D eigenvalue weighted by molar-refractivity contribution is 6.42. The SMILES string of the molecule is Cc1cc(-c2n[nH]c(C(=O)O)c2C(C)c2ccc(Cl)c(Cl)c2)ccc1Cl.Cl. The summed E-state index contributed by atoms with van der Waals surface area (Å²) in [6, 6.07) is 10.7. The molecule has 0 aliphatic carbocycles. The van der Waals surface area contributed by atoms with Gasteiger partial charge < -0.3 is 5.11 Å². The minimum absolute atomic E-state index is 0. The Balaban J connectivity index is 0.00000261. The molecule has 2 N–H and O–H groups in total. The van der Waals surface area contributed by atoms with Crippen LogP contribution in [-0.2, 0) is 0 Å². The lowest BCUT2D eigenvalue weighted by Crippen LogP contribution is -2.06. The fourth-order valence-electron chi connectivity index (χ4n) is 2.90. The maximum Gasteiger partial charge on any atom is 0.354 e. The zero-order chi connectivity index (χ0) is 19.0. The van der Waals surface area contributed by atoms with E-state index in [1.165, 1.54) is 0 Å². The lowest BCUT2D eigenvalue weighted by Gasteiger charge is -2.15. The summed E-state index contributed by atoms with van der Waals surface area (Å²) in [6.07, 6.45) is 0. The molecule has 0 saturated carbocycles. The van der Waals surface area contributed by atoms with Crippen molar-refractivity contribution in [2.75, 3.05) is 0 Å². The molecular formula is C19H16Cl4N2O2. The average molecular weight is 446 g/mol. The normalized spacial score (nSPS) is 11.7. The Morgan fingerprint density at radius 1 is 1.07 bits per heavy atom. The van der Waals surface area contributed by atoms with Crippen LogP contribution in [0.1, 0.15) is 40.0 Å². The number of aryl methyl sites for hydroxylation is 1. The molecule has 3 rings (SSSR count). The first-order valence-corrected chi connectivity index (χ1v) is 8.96. The van der Waals surface area contributed by atoms with Crippen molar-refractivity contribution < 1.29 is 9.90 Å². The van der Waals surface area contributed by atoms with Crippen LogP contribution in [0.3, 0.4) is 0 Å². The minimum atomic E-state index is -1.07. The lowest BCUT2D eigenvalue weighted by atomic mass is 9.89. The van der Waals surface area contributed by atoms with Crippen LogP contribution in [0.5, 0.6) is 0 Å². The van der Waals surface area contributed by atoms with Gasteiger partial charge in [0.2, 0.25) is 0 Å². The molecule has 0 amide bonds. The Morgan fingerprint density at radius 2 is 1.74 bits per heavy atom. The fraction of sp³-hybridized carbons (Fsp3) is 0.158. The highest BCUT2D eigenvalue weighted by Crippen LogP contribution is 2.37. The van der Waals surface area contributed by atoms with E-state index in [1.807, 2.05) is 32.0 Å². The molecule has 0 aliphatic heterocycles. The van der Waals surface area contributed by atoms with Crippen molar-refractivity contribution in [1.82, 2.24) is 10.2 Å². The van der Waals surface area contributed by atoms with Gasteiger partial charge in [-0.15, -0.1) is 12.4 Å². The van der Waals surface area contributed by atoms with E-state index in [4.69, 9.17) is 34.8 Å². The molecule has 1 aromatic heterocycles. The number of hydrogen-bond acceptors (Lipinski definition) is 2. The number of carboxylic acid groups (broad SMARTS) is 1. The van der Waals surface area contributed by atoms with E-state index in [0.717, 1.165) is 16.7 Å². The van der Waals surface area contributed by atoms with Crippen LogP contribution in [0.25, 0.3) is 11.3 Å². The van der Waals surface area contributed by atoms with Crippen molar-refractivity contribution in [3.63, 3.8) is 0 Å². The second kappa shape index (κ2) is 8.53. The van der Waals surface area contributed by atoms with Crippen LogP contribution in [-0.4, -0.2) is 21.3 Å². The molecule has 0 saturated heterocycles. The number of carboxylic acids is 1. The molecule has 0 aliphatic rings. The third kappa shape index (κ3) is 4.25. The zero-order valence-corrected chi connectivity index (χ0v) is 17.5. The summed E-state index contributed by atoms with van der Waals surface area (Å²) >= 11 is 18.2. The number of rotatable bonds is 4. The van der Waals surface area contributed by atoms with Crippen molar-refractivity contribution in [3.8, 4) is 11.3 Å². The molecule has 3 aromatic rings. The van der Waals surface area contributed by atoms with Crippen LogP contribution >= 0.6 is 47.2 Å². The van der Waals surface area contributed by atoms with E-state index >= 15 is 0 Å². The van der Waals surface area contributed by atoms with Crippen molar-refractivity contribution in [3.05, 3.63) is 73.9 Å². The quantitative estimate of drug-likeness (QED) is 0.474. The topological polar surface area (TPSA) is 66.0 Å². The number of H-pyrrole nitrogens is 1. The average Bonchev–Trinajstić information content (AvgIpc) is 3.04. The summed E-state index contributed by atoms with van der Waals surface area (Å²) in [6.45, 7) is 3.79. The number of halogens is 4. The van der Waals surface area contributed by atoms with Crippen LogP contribution in [0, 0.1) is 6.92 Å². The van der Waals surface area contributed by atoms with Gasteiger partial charge in [0.25, 0.3) is 0 Å². The second-order valence-corrected chi connectivity index (χ2v) is 7.25. The van der Waals surface area contributed by atoms with Crippen molar-refractivity contribution >= 4 is 53.2 Å². The number of hydrogen-bond donors (Lipinski definition) is 2. The summed E-state index contributed by atoms with van der Waals surface area (Å²) in [5, 5.41) is 18.0. The molecule has 8 heteroatoms. The van der Waals surface area contributed by atoms with Crippen molar-refractivity contribution in [1.29, 1.82) is 0 Å². The van der Waals surface area contributed by atoms with Gasteiger partial charge in [-0.05, 0) is 42.3 Å². The van der Waals surface area contributed by atoms with Crippen LogP contribution in [0.4, 0.5) is 0 Å². The molecular weight excluding hydrogens is 430 g/mol. The molecule has 0 bridgehead atoms. The zero-order valence-electron chi connectivity index (χ0n) is 14.4. The number of aromatic nitrogens is 2. The van der Waals surface area contributed by atoms with E-state index in [2.05, 4.69) is 10.2 Å². The summed E-state index contributed by atoms with van der Waals surface area (Å²) < 4.78 is 0. The number of carbonyl (C=O) groups is 1. The molecule has 142 valence electrons. The van der Waals surface area contributed by atoms with Gasteiger partial charge in [0, 0.05) is 22.1 Å². The second-order valence-electron chi connectivity index (χ2n) is 6.03. The van der Waals surface area contributed by atoms with Crippen molar-refractivity contribution in [2.24, 2.45) is 0 Å². The number of nitrogens with zero attached hydrogens (tertiary/aromatic N) is 1. The number of nitrogens with one attached hydrogen (secondary N) is 1. The van der Waals surface area contributed by atoms with Crippen LogP contribution in [0.2, 0.25) is 15.1 Å². The molecule has 4 nitrogen and oxygen atoms in total. The molecule has 27 heavy (non-hydrogen) atoms. The van der Waals surface area contributed by atoms with Crippen LogP contribution in [0.15, 0.2) is 36.4 Å². The predicted octanol–water partition coefficient (Wildman–Crippen LogP) is 6.62. The molecule has 1 unspecified atom stereocenters. The summed E-state index contributed by atoms with van der Waals surface area (Å²) in [7, 11) is 0. The Morgan fingerprint density at radius 3 is 2.33 bits per heavy atom. The maximum absolute atomic E-state index is 11.7. The Kier molecular flexibility index (Phi) is 6.82. The van der Waals surface area contributed by atoms with E-state index in [9.17, 15) is 9.90 Å². The Labute approximate surface area is 177 Å². The number of benzene rings is 2. The van der Waals surface area contributed by atoms with Gasteiger partial charge in [0.05, 0.1) is 15.7 Å². The molecule has 0 spiro atoms. The molecule has 0 radical (unpaired) electrons. The maximum atomic E-state index is 11.7. The highest BCUT2D eigenvalue weighted by atomic mass is 35.5. The third-order valence-electron chi connectivity index (χ3n) is 4.33. The van der Waals surface area contributed by atoms with Crippen molar-refractivity contribution in [2.45, 2.75) is 19.8 Å². The van der Waals surface area contributed by atoms with Gasteiger partial charge in [-0.1, -0.05) is 53.9 Å². The predicted molar refractivity (Wildman–Crippen MR) is 112 cm³/mol. The van der Waals surface area contributed by atoms with Gasteiger partial charge in [0.1, 0.15) is 5.69 Å².